The Balaban J connectivity index is 2.70. The molecule has 5 nitrogen and oxygen atoms in total. The highest BCUT2D eigenvalue weighted by atomic mass is 16.3. The van der Waals surface area contributed by atoms with E-state index in [1.165, 1.54) is 0 Å². The van der Waals surface area contributed by atoms with Crippen molar-refractivity contribution in [2.75, 3.05) is 26.2 Å². The Morgan fingerprint density at radius 3 is 2.50 bits per heavy atom. The summed E-state index contributed by atoms with van der Waals surface area (Å²) in [5, 5.41) is 8.92. The number of aliphatic hydroxyl groups is 1. The van der Waals surface area contributed by atoms with Crippen molar-refractivity contribution in [3.05, 3.63) is 0 Å². The first-order valence-corrected chi connectivity index (χ1v) is 6.51. The highest BCUT2D eigenvalue weighted by molar-refractivity contribution is 5.89. The third-order valence-corrected chi connectivity index (χ3v) is 3.35. The molecule has 1 heterocycles. The summed E-state index contributed by atoms with van der Waals surface area (Å²) in [6.45, 7) is 9.17. The number of hydrogen-bond donors (Lipinski definition) is 1. The third kappa shape index (κ3) is 3.22. The molecule has 0 aromatic heterocycles. The Bertz CT molecular complexity index is 323. The Labute approximate surface area is 109 Å². The van der Waals surface area contributed by atoms with Gasteiger partial charge < -0.3 is 14.9 Å². The Kier molecular flexibility index (Phi) is 4.73. The minimum Gasteiger partial charge on any atom is -0.395 e. The van der Waals surface area contributed by atoms with Crippen molar-refractivity contribution in [1.82, 2.24) is 9.80 Å². The maximum atomic E-state index is 12.2. The van der Waals surface area contributed by atoms with E-state index in [0.29, 0.717) is 19.6 Å². The van der Waals surface area contributed by atoms with Crippen LogP contribution in [0.3, 0.4) is 0 Å². The van der Waals surface area contributed by atoms with E-state index < -0.39 is 0 Å². The first-order chi connectivity index (χ1) is 8.31. The van der Waals surface area contributed by atoms with Gasteiger partial charge in [0.25, 0.3) is 0 Å². The molecule has 1 fully saturated rings. The lowest BCUT2D eigenvalue weighted by Crippen LogP contribution is -2.44. The van der Waals surface area contributed by atoms with E-state index in [1.807, 2.05) is 27.7 Å². The fourth-order valence-electron chi connectivity index (χ4n) is 2.32. The quantitative estimate of drug-likeness (QED) is 0.795. The number of hydrogen-bond acceptors (Lipinski definition) is 3. The number of rotatable bonds is 4. The zero-order chi connectivity index (χ0) is 13.9. The minimum absolute atomic E-state index is 0.0216. The fourth-order valence-corrected chi connectivity index (χ4v) is 2.32. The Morgan fingerprint density at radius 2 is 2.11 bits per heavy atom. The van der Waals surface area contributed by atoms with Gasteiger partial charge >= 0.3 is 0 Å². The molecule has 1 N–H and O–H groups in total. The first-order valence-electron chi connectivity index (χ1n) is 6.51. The monoisotopic (exact) mass is 256 g/mol. The van der Waals surface area contributed by atoms with Crippen LogP contribution in [0.1, 0.15) is 34.1 Å². The van der Waals surface area contributed by atoms with Crippen molar-refractivity contribution in [2.45, 2.75) is 39.7 Å². The molecule has 1 saturated heterocycles. The van der Waals surface area contributed by atoms with E-state index in [0.717, 1.165) is 0 Å². The highest BCUT2D eigenvalue weighted by Crippen LogP contribution is 2.26. The van der Waals surface area contributed by atoms with E-state index in [2.05, 4.69) is 0 Å². The van der Waals surface area contributed by atoms with Crippen LogP contribution in [0.5, 0.6) is 0 Å². The van der Waals surface area contributed by atoms with Crippen molar-refractivity contribution in [3.63, 3.8) is 0 Å². The van der Waals surface area contributed by atoms with Crippen LogP contribution in [0.4, 0.5) is 0 Å². The molecule has 104 valence electrons. The van der Waals surface area contributed by atoms with Gasteiger partial charge in [0, 0.05) is 31.6 Å². The zero-order valence-electron chi connectivity index (χ0n) is 11.8. The number of carbonyl (C=O) groups excluding carboxylic acids is 2. The van der Waals surface area contributed by atoms with Gasteiger partial charge in [0.2, 0.25) is 11.8 Å². The van der Waals surface area contributed by atoms with E-state index >= 15 is 0 Å². The van der Waals surface area contributed by atoms with E-state index in [1.54, 1.807) is 9.80 Å². The van der Waals surface area contributed by atoms with Gasteiger partial charge in [-0.3, -0.25) is 9.59 Å². The molecular weight excluding hydrogens is 232 g/mol. The summed E-state index contributed by atoms with van der Waals surface area (Å²) in [6, 6.07) is 0. The van der Waals surface area contributed by atoms with Crippen LogP contribution in [-0.4, -0.2) is 58.5 Å². The molecule has 1 aliphatic heterocycles. The average molecular weight is 256 g/mol. The molecule has 0 aromatic rings. The molecule has 0 bridgehead atoms. The van der Waals surface area contributed by atoms with Crippen LogP contribution in [0.15, 0.2) is 0 Å². The molecule has 0 aliphatic carbocycles. The molecule has 1 unspecified atom stereocenters. The molecule has 1 atom stereocenters. The summed E-state index contributed by atoms with van der Waals surface area (Å²) in [5.74, 6) is -0.240. The predicted octanol–water partition coefficient (Wildman–Crippen LogP) is 0.474. The number of aliphatic hydroxyl groups excluding tert-OH is 1. The molecule has 1 aliphatic rings. The average Bonchev–Trinajstić information content (AvgIpc) is 2.67. The SMILES string of the molecule is CCN(CCO)C(=O)C1CC(=O)N(C(C)(C)C)C1. The molecule has 1 rings (SSSR count). The van der Waals surface area contributed by atoms with Gasteiger partial charge in [0.15, 0.2) is 0 Å². The number of likely N-dealkylation sites (N-methyl/N-ethyl adjacent to an activating group) is 1. The van der Waals surface area contributed by atoms with Crippen molar-refractivity contribution in [1.29, 1.82) is 0 Å². The zero-order valence-corrected chi connectivity index (χ0v) is 11.8. The molecule has 0 aromatic carbocycles. The van der Waals surface area contributed by atoms with Gasteiger partial charge in [-0.05, 0) is 27.7 Å². The minimum atomic E-state index is -0.261. The third-order valence-electron chi connectivity index (χ3n) is 3.35. The van der Waals surface area contributed by atoms with Crippen LogP contribution in [0, 0.1) is 5.92 Å². The highest BCUT2D eigenvalue weighted by Gasteiger charge is 2.40. The van der Waals surface area contributed by atoms with E-state index in [-0.39, 0.29) is 36.3 Å². The van der Waals surface area contributed by atoms with Crippen LogP contribution in [-0.2, 0) is 9.59 Å². The van der Waals surface area contributed by atoms with Crippen molar-refractivity contribution >= 4 is 11.8 Å². The second-order valence-corrected chi connectivity index (χ2v) is 5.72. The molecule has 0 spiro atoms. The van der Waals surface area contributed by atoms with Crippen molar-refractivity contribution in [3.8, 4) is 0 Å². The number of likely N-dealkylation sites (tertiary alicyclic amines) is 1. The molecular formula is C13H24N2O3. The predicted molar refractivity (Wildman–Crippen MR) is 68.9 cm³/mol. The van der Waals surface area contributed by atoms with Crippen LogP contribution in [0.25, 0.3) is 0 Å². The summed E-state index contributed by atoms with van der Waals surface area (Å²) >= 11 is 0. The molecule has 2 amide bonds. The lowest BCUT2D eigenvalue weighted by atomic mass is 10.1. The van der Waals surface area contributed by atoms with E-state index in [9.17, 15) is 9.59 Å². The van der Waals surface area contributed by atoms with Gasteiger partial charge in [-0.15, -0.1) is 0 Å². The van der Waals surface area contributed by atoms with Crippen molar-refractivity contribution in [2.24, 2.45) is 5.92 Å². The lowest BCUT2D eigenvalue weighted by molar-refractivity contribution is -0.136. The summed E-state index contributed by atoms with van der Waals surface area (Å²) in [5.41, 5.74) is -0.236. The summed E-state index contributed by atoms with van der Waals surface area (Å²) in [7, 11) is 0. The Morgan fingerprint density at radius 1 is 1.50 bits per heavy atom. The number of amides is 2. The molecule has 18 heavy (non-hydrogen) atoms. The maximum Gasteiger partial charge on any atom is 0.228 e. The Hall–Kier alpha value is -1.10. The largest absolute Gasteiger partial charge is 0.395 e. The topological polar surface area (TPSA) is 60.9 Å². The second kappa shape index (κ2) is 5.69. The fraction of sp³-hybridized carbons (Fsp3) is 0.846. The standard InChI is InChI=1S/C13H24N2O3/c1-5-14(6-7-16)12(18)10-8-11(17)15(9-10)13(2,3)4/h10,16H,5-9H2,1-4H3. The summed E-state index contributed by atoms with van der Waals surface area (Å²) < 4.78 is 0. The van der Waals surface area contributed by atoms with Gasteiger partial charge in [-0.25, -0.2) is 0 Å². The number of carbonyl (C=O) groups is 2. The molecule has 0 radical (unpaired) electrons. The normalized spacial score (nSPS) is 20.4. The van der Waals surface area contributed by atoms with Crippen LogP contribution in [0.2, 0.25) is 0 Å². The number of nitrogens with zero attached hydrogens (tertiary/aromatic N) is 2. The van der Waals surface area contributed by atoms with Crippen LogP contribution >= 0.6 is 0 Å². The van der Waals surface area contributed by atoms with Gasteiger partial charge in [-0.1, -0.05) is 0 Å². The summed E-state index contributed by atoms with van der Waals surface area (Å²) in [4.78, 5) is 27.5. The second-order valence-electron chi connectivity index (χ2n) is 5.72. The first kappa shape index (κ1) is 15.0. The summed E-state index contributed by atoms with van der Waals surface area (Å²) in [6.07, 6.45) is 0.290. The van der Waals surface area contributed by atoms with Gasteiger partial charge in [-0.2, -0.15) is 0 Å². The van der Waals surface area contributed by atoms with Gasteiger partial charge in [0.05, 0.1) is 12.5 Å². The van der Waals surface area contributed by atoms with E-state index in [4.69, 9.17) is 5.11 Å². The van der Waals surface area contributed by atoms with Gasteiger partial charge in [0.1, 0.15) is 0 Å². The van der Waals surface area contributed by atoms with Crippen LogP contribution < -0.4 is 0 Å². The molecule has 0 saturated carbocycles. The molecule has 5 heteroatoms. The smallest absolute Gasteiger partial charge is 0.228 e. The van der Waals surface area contributed by atoms with Crippen molar-refractivity contribution < 1.29 is 14.7 Å². The lowest BCUT2D eigenvalue weighted by Gasteiger charge is -2.32. The maximum absolute atomic E-state index is 12.2.